The first-order valence-electron chi connectivity index (χ1n) is 8.67. The number of imide groups is 1. The summed E-state index contributed by atoms with van der Waals surface area (Å²) in [5, 5.41) is 0. The number of nitrogens with zero attached hydrogens (tertiary/aromatic N) is 1. The maximum absolute atomic E-state index is 12.7. The Kier molecular flexibility index (Phi) is 3.92. The Bertz CT molecular complexity index is 1000. The summed E-state index contributed by atoms with van der Waals surface area (Å²) < 4.78 is 0. The van der Waals surface area contributed by atoms with Crippen molar-refractivity contribution in [3.63, 3.8) is 0 Å². The molecule has 0 bridgehead atoms. The van der Waals surface area contributed by atoms with Crippen molar-refractivity contribution in [3.05, 3.63) is 94.5 Å². The van der Waals surface area contributed by atoms with Crippen LogP contribution in [0.25, 0.3) is 11.1 Å². The minimum absolute atomic E-state index is 0.221. The van der Waals surface area contributed by atoms with Crippen LogP contribution >= 0.6 is 0 Å². The quantitative estimate of drug-likeness (QED) is 0.644. The van der Waals surface area contributed by atoms with Crippen LogP contribution in [0, 0.1) is 13.8 Å². The Morgan fingerprint density at radius 2 is 1.27 bits per heavy atom. The fourth-order valence-corrected chi connectivity index (χ4v) is 3.50. The van der Waals surface area contributed by atoms with Crippen LogP contribution in [0.15, 0.2) is 66.7 Å². The van der Waals surface area contributed by atoms with Gasteiger partial charge in [0.15, 0.2) is 0 Å². The van der Waals surface area contributed by atoms with Crippen LogP contribution in [0.2, 0.25) is 0 Å². The van der Waals surface area contributed by atoms with Gasteiger partial charge in [-0.15, -0.1) is 0 Å². The zero-order valence-electron chi connectivity index (χ0n) is 14.8. The summed E-state index contributed by atoms with van der Waals surface area (Å²) >= 11 is 0. The minimum Gasteiger partial charge on any atom is -0.270 e. The van der Waals surface area contributed by atoms with E-state index in [4.69, 9.17) is 0 Å². The molecule has 3 aromatic carbocycles. The van der Waals surface area contributed by atoms with E-state index in [-0.39, 0.29) is 18.4 Å². The zero-order valence-corrected chi connectivity index (χ0v) is 14.8. The Balaban J connectivity index is 1.74. The van der Waals surface area contributed by atoms with Crippen LogP contribution in [-0.2, 0) is 6.54 Å². The first-order valence-corrected chi connectivity index (χ1v) is 8.67. The molecule has 2 amide bonds. The highest BCUT2D eigenvalue weighted by molar-refractivity contribution is 6.21. The van der Waals surface area contributed by atoms with Crippen molar-refractivity contribution < 1.29 is 9.59 Å². The molecule has 0 saturated carbocycles. The molecule has 3 nitrogen and oxygen atoms in total. The number of benzene rings is 3. The molecule has 4 rings (SSSR count). The Morgan fingerprint density at radius 1 is 0.692 bits per heavy atom. The van der Waals surface area contributed by atoms with E-state index in [1.165, 1.54) is 16.0 Å². The molecule has 1 aliphatic heterocycles. The molecule has 0 aromatic heterocycles. The molecule has 0 fully saturated rings. The van der Waals surface area contributed by atoms with Crippen molar-refractivity contribution in [2.45, 2.75) is 20.4 Å². The van der Waals surface area contributed by atoms with E-state index in [9.17, 15) is 9.59 Å². The van der Waals surface area contributed by atoms with Gasteiger partial charge in [-0.2, -0.15) is 0 Å². The second-order valence-corrected chi connectivity index (χ2v) is 6.72. The molecular weight excluding hydrogens is 322 g/mol. The molecule has 1 heterocycles. The van der Waals surface area contributed by atoms with Crippen LogP contribution in [-0.4, -0.2) is 16.7 Å². The van der Waals surface area contributed by atoms with Crippen molar-refractivity contribution in [1.29, 1.82) is 0 Å². The number of hydrogen-bond acceptors (Lipinski definition) is 2. The second kappa shape index (κ2) is 6.26. The third-order valence-corrected chi connectivity index (χ3v) is 4.91. The number of rotatable bonds is 3. The summed E-state index contributed by atoms with van der Waals surface area (Å²) in [6.07, 6.45) is 0. The Hall–Kier alpha value is -3.20. The lowest BCUT2D eigenvalue weighted by Crippen LogP contribution is -2.29. The minimum atomic E-state index is -0.221. The Labute approximate surface area is 152 Å². The van der Waals surface area contributed by atoms with E-state index >= 15 is 0 Å². The summed E-state index contributed by atoms with van der Waals surface area (Å²) in [5.74, 6) is -0.442. The molecule has 3 aromatic rings. The molecule has 128 valence electrons. The van der Waals surface area contributed by atoms with Crippen LogP contribution in [0.4, 0.5) is 0 Å². The second-order valence-electron chi connectivity index (χ2n) is 6.72. The van der Waals surface area contributed by atoms with Gasteiger partial charge in [0.2, 0.25) is 0 Å². The standard InChI is InChI=1S/C23H19NO2/c1-15-11-12-16(2)21(13-15)18-8-4-3-7-17(18)14-24-22(25)19-9-5-6-10-20(19)23(24)26/h3-13H,14H2,1-2H3. The number of fused-ring (bicyclic) bond motifs is 1. The van der Waals surface area contributed by atoms with Crippen molar-refractivity contribution in [2.75, 3.05) is 0 Å². The van der Waals surface area contributed by atoms with Gasteiger partial charge in [-0.1, -0.05) is 60.2 Å². The summed E-state index contributed by atoms with van der Waals surface area (Å²) in [4.78, 5) is 26.7. The first-order chi connectivity index (χ1) is 12.6. The highest BCUT2D eigenvalue weighted by Crippen LogP contribution is 2.31. The smallest absolute Gasteiger partial charge is 0.261 e. The summed E-state index contributed by atoms with van der Waals surface area (Å²) in [6.45, 7) is 4.42. The third-order valence-electron chi connectivity index (χ3n) is 4.91. The molecule has 0 spiro atoms. The molecule has 0 aliphatic carbocycles. The summed E-state index contributed by atoms with van der Waals surface area (Å²) in [6, 6.07) is 21.3. The molecule has 3 heteroatoms. The molecule has 26 heavy (non-hydrogen) atoms. The summed E-state index contributed by atoms with van der Waals surface area (Å²) in [5.41, 5.74) is 6.49. The van der Waals surface area contributed by atoms with Gasteiger partial charge in [0.1, 0.15) is 0 Å². The summed E-state index contributed by atoms with van der Waals surface area (Å²) in [7, 11) is 0. The molecule has 0 unspecified atom stereocenters. The van der Waals surface area contributed by atoms with E-state index in [2.05, 4.69) is 38.1 Å². The van der Waals surface area contributed by atoms with Crippen LogP contribution in [0.3, 0.4) is 0 Å². The number of carbonyl (C=O) groups excluding carboxylic acids is 2. The van der Waals surface area contributed by atoms with E-state index in [1.807, 2.05) is 18.2 Å². The number of amides is 2. The molecular formula is C23H19NO2. The third kappa shape index (κ3) is 2.62. The lowest BCUT2D eigenvalue weighted by molar-refractivity contribution is 0.0642. The fourth-order valence-electron chi connectivity index (χ4n) is 3.50. The van der Waals surface area contributed by atoms with Crippen LogP contribution in [0.5, 0.6) is 0 Å². The Morgan fingerprint density at radius 3 is 1.92 bits per heavy atom. The predicted molar refractivity (Wildman–Crippen MR) is 102 cm³/mol. The monoisotopic (exact) mass is 341 g/mol. The molecule has 0 atom stereocenters. The van der Waals surface area contributed by atoms with Crippen molar-refractivity contribution in [1.82, 2.24) is 4.90 Å². The van der Waals surface area contributed by atoms with Gasteiger partial charge in [-0.25, -0.2) is 0 Å². The molecule has 0 radical (unpaired) electrons. The van der Waals surface area contributed by atoms with E-state index < -0.39 is 0 Å². The van der Waals surface area contributed by atoms with Gasteiger partial charge in [0, 0.05) is 0 Å². The van der Waals surface area contributed by atoms with Gasteiger partial charge in [0.25, 0.3) is 11.8 Å². The fraction of sp³-hybridized carbons (Fsp3) is 0.130. The van der Waals surface area contributed by atoms with Crippen LogP contribution < -0.4 is 0 Å². The number of aryl methyl sites for hydroxylation is 2. The molecule has 0 saturated heterocycles. The topological polar surface area (TPSA) is 37.4 Å². The highest BCUT2D eigenvalue weighted by atomic mass is 16.2. The van der Waals surface area contributed by atoms with Gasteiger partial charge in [0.05, 0.1) is 17.7 Å². The average molecular weight is 341 g/mol. The normalized spacial score (nSPS) is 13.2. The maximum atomic E-state index is 12.7. The van der Waals surface area contributed by atoms with E-state index in [0.717, 1.165) is 16.7 Å². The van der Waals surface area contributed by atoms with Gasteiger partial charge >= 0.3 is 0 Å². The maximum Gasteiger partial charge on any atom is 0.261 e. The van der Waals surface area contributed by atoms with Crippen molar-refractivity contribution in [3.8, 4) is 11.1 Å². The number of carbonyl (C=O) groups is 2. The molecule has 0 N–H and O–H groups in total. The average Bonchev–Trinajstić information content (AvgIpc) is 2.90. The van der Waals surface area contributed by atoms with Gasteiger partial charge < -0.3 is 0 Å². The van der Waals surface area contributed by atoms with E-state index in [1.54, 1.807) is 24.3 Å². The SMILES string of the molecule is Cc1ccc(C)c(-c2ccccc2CN2C(=O)c3ccccc3C2=O)c1. The number of hydrogen-bond donors (Lipinski definition) is 0. The van der Waals surface area contributed by atoms with Gasteiger partial charge in [-0.05, 0) is 48.2 Å². The van der Waals surface area contributed by atoms with Crippen molar-refractivity contribution in [2.24, 2.45) is 0 Å². The predicted octanol–water partition coefficient (Wildman–Crippen LogP) is 4.77. The van der Waals surface area contributed by atoms with Gasteiger partial charge in [-0.3, -0.25) is 14.5 Å². The van der Waals surface area contributed by atoms with Crippen molar-refractivity contribution >= 4 is 11.8 Å². The highest BCUT2D eigenvalue weighted by Gasteiger charge is 2.35. The lowest BCUT2D eigenvalue weighted by Gasteiger charge is -2.18. The first kappa shape index (κ1) is 16.3. The lowest BCUT2D eigenvalue weighted by atomic mass is 9.94. The largest absolute Gasteiger partial charge is 0.270 e. The zero-order chi connectivity index (χ0) is 18.3. The van der Waals surface area contributed by atoms with Crippen LogP contribution in [0.1, 0.15) is 37.4 Å². The molecule has 1 aliphatic rings. The van der Waals surface area contributed by atoms with E-state index in [0.29, 0.717) is 11.1 Å².